The van der Waals surface area contributed by atoms with Crippen molar-refractivity contribution in [2.75, 3.05) is 5.32 Å². The van der Waals surface area contributed by atoms with Crippen molar-refractivity contribution in [2.24, 2.45) is 0 Å². The average molecular weight is 395 g/mol. The van der Waals surface area contributed by atoms with Crippen LogP contribution in [0.1, 0.15) is 25.1 Å². The molecule has 0 radical (unpaired) electrons. The van der Waals surface area contributed by atoms with Gasteiger partial charge < -0.3 is 4.74 Å². The van der Waals surface area contributed by atoms with E-state index < -0.39 is 28.8 Å². The second-order valence-electron chi connectivity index (χ2n) is 6.53. The third kappa shape index (κ3) is 3.97. The number of carbonyl (C=O) groups excluding carboxylic acids is 1. The van der Waals surface area contributed by atoms with E-state index in [2.05, 4.69) is 20.4 Å². The standard InChI is InChI=1S/C17H16F3N5O3/c1-9-8-12(26)25-15(21-9)23-14(24-25)22-13(27)16(2,3)28-11-6-4-10(5-7-11)17(18,19)20/h4-8H,1-3H3,(H2,21,22,23,24,27). The number of anilines is 1. The smallest absolute Gasteiger partial charge is 0.416 e. The Bertz CT molecular complexity index is 1080. The number of aryl methyl sites for hydroxylation is 1. The molecular weight excluding hydrogens is 379 g/mol. The molecule has 1 aromatic carbocycles. The second kappa shape index (κ2) is 6.66. The van der Waals surface area contributed by atoms with Crippen molar-refractivity contribution in [2.45, 2.75) is 32.5 Å². The van der Waals surface area contributed by atoms with Crippen molar-refractivity contribution in [1.29, 1.82) is 0 Å². The minimum atomic E-state index is -4.46. The fourth-order valence-corrected chi connectivity index (χ4v) is 2.36. The highest BCUT2D eigenvalue weighted by atomic mass is 19.4. The lowest BCUT2D eigenvalue weighted by atomic mass is 10.1. The minimum Gasteiger partial charge on any atom is -0.478 e. The van der Waals surface area contributed by atoms with Crippen LogP contribution in [-0.2, 0) is 11.0 Å². The lowest BCUT2D eigenvalue weighted by Crippen LogP contribution is -2.42. The third-order valence-electron chi connectivity index (χ3n) is 3.79. The molecule has 0 saturated carbocycles. The molecule has 0 aliphatic heterocycles. The number of aromatic nitrogens is 4. The summed E-state index contributed by atoms with van der Waals surface area (Å²) in [6.45, 7) is 4.52. The Kier molecular flexibility index (Phi) is 4.61. The first-order valence-electron chi connectivity index (χ1n) is 8.10. The molecule has 3 rings (SSSR count). The zero-order valence-electron chi connectivity index (χ0n) is 15.1. The Morgan fingerprint density at radius 3 is 2.43 bits per heavy atom. The number of carbonyl (C=O) groups is 1. The number of H-pyrrole nitrogens is 1. The number of nitrogens with one attached hydrogen (secondary N) is 2. The van der Waals surface area contributed by atoms with Gasteiger partial charge in [-0.15, -0.1) is 0 Å². The molecular formula is C17H16F3N5O3. The van der Waals surface area contributed by atoms with E-state index in [0.29, 0.717) is 5.69 Å². The predicted octanol–water partition coefficient (Wildman–Crippen LogP) is 2.54. The van der Waals surface area contributed by atoms with Gasteiger partial charge in [0.25, 0.3) is 17.2 Å². The van der Waals surface area contributed by atoms with Crippen LogP contribution in [-0.4, -0.2) is 31.1 Å². The molecule has 0 bridgehead atoms. The summed E-state index contributed by atoms with van der Waals surface area (Å²) >= 11 is 0. The van der Waals surface area contributed by atoms with Gasteiger partial charge in [0.15, 0.2) is 5.60 Å². The summed E-state index contributed by atoms with van der Waals surface area (Å²) in [6.07, 6.45) is -4.46. The van der Waals surface area contributed by atoms with Crippen LogP contribution in [0.4, 0.5) is 19.1 Å². The number of fused-ring (bicyclic) bond motifs is 1. The zero-order chi connectivity index (χ0) is 20.7. The first-order chi connectivity index (χ1) is 13.0. The summed E-state index contributed by atoms with van der Waals surface area (Å²) in [5, 5.41) is 5.06. The topological polar surface area (TPSA) is 101 Å². The van der Waals surface area contributed by atoms with Crippen LogP contribution >= 0.6 is 0 Å². The van der Waals surface area contributed by atoms with Gasteiger partial charge in [-0.05, 0) is 45.0 Å². The molecule has 11 heteroatoms. The molecule has 28 heavy (non-hydrogen) atoms. The number of ether oxygens (including phenoxy) is 1. The van der Waals surface area contributed by atoms with E-state index in [1.807, 2.05) is 0 Å². The van der Waals surface area contributed by atoms with Crippen LogP contribution in [0, 0.1) is 6.92 Å². The molecule has 0 spiro atoms. The van der Waals surface area contributed by atoms with Crippen molar-refractivity contribution in [3.63, 3.8) is 0 Å². The molecule has 0 atom stereocenters. The number of hydrogen-bond donors (Lipinski definition) is 2. The molecule has 8 nitrogen and oxygen atoms in total. The Balaban J connectivity index is 1.76. The summed E-state index contributed by atoms with van der Waals surface area (Å²) in [5.41, 5.74) is -2.18. The molecule has 2 aromatic heterocycles. The molecule has 3 aromatic rings. The highest BCUT2D eigenvalue weighted by molar-refractivity contribution is 5.95. The molecule has 0 saturated heterocycles. The molecule has 0 aliphatic rings. The molecule has 0 unspecified atom stereocenters. The van der Waals surface area contributed by atoms with Crippen LogP contribution in [0.5, 0.6) is 5.75 Å². The molecule has 2 N–H and O–H groups in total. The first-order valence-corrected chi connectivity index (χ1v) is 8.10. The van der Waals surface area contributed by atoms with Crippen molar-refractivity contribution in [3.05, 3.63) is 51.9 Å². The van der Waals surface area contributed by atoms with Crippen molar-refractivity contribution in [3.8, 4) is 5.75 Å². The van der Waals surface area contributed by atoms with Gasteiger partial charge in [0.2, 0.25) is 5.95 Å². The summed E-state index contributed by atoms with van der Waals surface area (Å²) in [4.78, 5) is 32.5. The normalized spacial score (nSPS) is 12.2. The van der Waals surface area contributed by atoms with Gasteiger partial charge >= 0.3 is 6.18 Å². The van der Waals surface area contributed by atoms with Crippen molar-refractivity contribution in [1.82, 2.24) is 19.6 Å². The maximum Gasteiger partial charge on any atom is 0.416 e. The van der Waals surface area contributed by atoms with Crippen LogP contribution in [0.2, 0.25) is 0 Å². The van der Waals surface area contributed by atoms with Crippen molar-refractivity contribution < 1.29 is 22.7 Å². The fourth-order valence-electron chi connectivity index (χ4n) is 2.36. The van der Waals surface area contributed by atoms with E-state index in [-0.39, 0.29) is 17.5 Å². The van der Waals surface area contributed by atoms with E-state index in [9.17, 15) is 22.8 Å². The number of aromatic amines is 1. The molecule has 0 aliphatic carbocycles. The van der Waals surface area contributed by atoms with Gasteiger partial charge in [0, 0.05) is 11.8 Å². The number of benzene rings is 1. The van der Waals surface area contributed by atoms with Crippen LogP contribution < -0.4 is 15.6 Å². The predicted molar refractivity (Wildman–Crippen MR) is 93.1 cm³/mol. The summed E-state index contributed by atoms with van der Waals surface area (Å²) in [5.74, 6) is -0.478. The van der Waals surface area contributed by atoms with Gasteiger partial charge in [0.05, 0.1) is 5.56 Å². The van der Waals surface area contributed by atoms with Gasteiger partial charge in [-0.2, -0.15) is 22.7 Å². The molecule has 0 fully saturated rings. The molecule has 2 heterocycles. The van der Waals surface area contributed by atoms with Gasteiger partial charge in [0.1, 0.15) is 5.75 Å². The summed E-state index contributed by atoms with van der Waals surface area (Å²) in [7, 11) is 0. The highest BCUT2D eigenvalue weighted by Crippen LogP contribution is 2.31. The number of nitrogens with zero attached hydrogens (tertiary/aromatic N) is 3. The van der Waals surface area contributed by atoms with Crippen LogP contribution in [0.3, 0.4) is 0 Å². The van der Waals surface area contributed by atoms with E-state index in [1.54, 1.807) is 6.92 Å². The van der Waals surface area contributed by atoms with Gasteiger partial charge in [-0.25, -0.2) is 4.98 Å². The van der Waals surface area contributed by atoms with Gasteiger partial charge in [-0.1, -0.05) is 0 Å². The van der Waals surface area contributed by atoms with E-state index in [1.165, 1.54) is 19.9 Å². The molecule has 148 valence electrons. The molecule has 1 amide bonds. The number of halogens is 3. The maximum absolute atomic E-state index is 12.6. The SMILES string of the molecule is Cc1cc(=O)n2[nH]c(NC(=O)C(C)(C)Oc3ccc(C(F)(F)F)cc3)nc2n1. The Morgan fingerprint density at radius 2 is 1.82 bits per heavy atom. The quantitative estimate of drug-likeness (QED) is 0.707. The summed E-state index contributed by atoms with van der Waals surface area (Å²) in [6, 6.07) is 5.29. The van der Waals surface area contributed by atoms with E-state index in [0.717, 1.165) is 28.8 Å². The lowest BCUT2D eigenvalue weighted by Gasteiger charge is -2.24. The van der Waals surface area contributed by atoms with Crippen molar-refractivity contribution >= 4 is 17.6 Å². The largest absolute Gasteiger partial charge is 0.478 e. The Morgan fingerprint density at radius 1 is 1.18 bits per heavy atom. The van der Waals surface area contributed by atoms with E-state index >= 15 is 0 Å². The highest BCUT2D eigenvalue weighted by Gasteiger charge is 2.33. The fraction of sp³-hybridized carbons (Fsp3) is 0.294. The lowest BCUT2D eigenvalue weighted by molar-refractivity contribution is -0.137. The minimum absolute atomic E-state index is 0.0238. The third-order valence-corrected chi connectivity index (χ3v) is 3.79. The monoisotopic (exact) mass is 395 g/mol. The van der Waals surface area contributed by atoms with Gasteiger partial charge in [-0.3, -0.25) is 20.0 Å². The summed E-state index contributed by atoms with van der Waals surface area (Å²) < 4.78 is 44.5. The zero-order valence-corrected chi connectivity index (χ0v) is 15.1. The number of rotatable bonds is 4. The maximum atomic E-state index is 12.6. The van der Waals surface area contributed by atoms with E-state index in [4.69, 9.17) is 4.74 Å². The number of amides is 1. The van der Waals surface area contributed by atoms with Crippen LogP contribution in [0.15, 0.2) is 35.1 Å². The number of alkyl halides is 3. The first kappa shape index (κ1) is 19.4. The average Bonchev–Trinajstić information content (AvgIpc) is 2.96. The second-order valence-corrected chi connectivity index (χ2v) is 6.53. The van der Waals surface area contributed by atoms with Crippen LogP contribution in [0.25, 0.3) is 5.78 Å². The number of hydrogen-bond acceptors (Lipinski definition) is 5. The Hall–Kier alpha value is -3.37. The Labute approximate surface area is 156 Å².